The summed E-state index contributed by atoms with van der Waals surface area (Å²) >= 11 is 0. The Hall–Kier alpha value is -3.79. The van der Waals surface area contributed by atoms with E-state index in [1.807, 2.05) is 6.07 Å². The van der Waals surface area contributed by atoms with Crippen molar-refractivity contribution < 1.29 is 9.18 Å². The van der Waals surface area contributed by atoms with Crippen LogP contribution in [0.5, 0.6) is 0 Å². The van der Waals surface area contributed by atoms with Gasteiger partial charge in [0, 0.05) is 5.69 Å². The minimum Gasteiger partial charge on any atom is -0.337 e. The Morgan fingerprint density at radius 2 is 1.80 bits per heavy atom. The van der Waals surface area contributed by atoms with E-state index < -0.39 is 11.7 Å². The highest BCUT2D eigenvalue weighted by Crippen LogP contribution is 2.17. The quantitative estimate of drug-likeness (QED) is 0.763. The fourth-order valence-corrected chi connectivity index (χ4v) is 2.03. The van der Waals surface area contributed by atoms with Gasteiger partial charge in [-0.2, -0.15) is 5.26 Å². The summed E-state index contributed by atoms with van der Waals surface area (Å²) in [4.78, 5) is 20.2. The van der Waals surface area contributed by atoms with Crippen molar-refractivity contribution in [2.75, 3.05) is 10.6 Å². The summed E-state index contributed by atoms with van der Waals surface area (Å²) in [5, 5.41) is 14.2. The number of para-hydroxylation sites is 1. The number of benzene rings is 2. The number of rotatable bonds is 4. The highest BCUT2D eigenvalue weighted by Gasteiger charge is 2.09. The average Bonchev–Trinajstić information content (AvgIpc) is 2.65. The van der Waals surface area contributed by atoms with Crippen LogP contribution in [0.1, 0.15) is 16.1 Å². The minimum atomic E-state index is -0.436. The van der Waals surface area contributed by atoms with Crippen molar-refractivity contribution in [2.45, 2.75) is 0 Å². The zero-order chi connectivity index (χ0) is 17.6. The molecule has 1 amide bonds. The van der Waals surface area contributed by atoms with Crippen LogP contribution in [0.3, 0.4) is 0 Å². The topological polar surface area (TPSA) is 90.7 Å². The Kier molecular flexibility index (Phi) is 4.62. The normalized spacial score (nSPS) is 9.92. The monoisotopic (exact) mass is 333 g/mol. The number of carbonyl (C=O) groups excluding carboxylic acids is 1. The Morgan fingerprint density at radius 3 is 2.44 bits per heavy atom. The largest absolute Gasteiger partial charge is 0.337 e. The third-order valence-corrected chi connectivity index (χ3v) is 3.29. The van der Waals surface area contributed by atoms with Gasteiger partial charge in [0.1, 0.15) is 17.3 Å². The van der Waals surface area contributed by atoms with Crippen LogP contribution in [0.15, 0.2) is 60.9 Å². The van der Waals surface area contributed by atoms with Crippen LogP contribution in [0.25, 0.3) is 0 Å². The molecule has 25 heavy (non-hydrogen) atoms. The third kappa shape index (κ3) is 3.95. The summed E-state index contributed by atoms with van der Waals surface area (Å²) in [6.07, 6.45) is 2.64. The molecule has 0 unspecified atom stereocenters. The second-order valence-electron chi connectivity index (χ2n) is 5.04. The average molecular weight is 333 g/mol. The molecule has 0 aliphatic rings. The van der Waals surface area contributed by atoms with Gasteiger partial charge in [0.05, 0.1) is 29.7 Å². The summed E-state index contributed by atoms with van der Waals surface area (Å²) in [7, 11) is 0. The van der Waals surface area contributed by atoms with Gasteiger partial charge >= 0.3 is 0 Å². The lowest BCUT2D eigenvalue weighted by Crippen LogP contribution is -2.14. The maximum absolute atomic E-state index is 13.6. The number of nitrogens with zero attached hydrogens (tertiary/aromatic N) is 3. The summed E-state index contributed by atoms with van der Waals surface area (Å²) in [5.41, 5.74) is 1.43. The molecule has 0 saturated heterocycles. The second-order valence-corrected chi connectivity index (χ2v) is 5.04. The highest BCUT2D eigenvalue weighted by atomic mass is 19.1. The van der Waals surface area contributed by atoms with Crippen molar-refractivity contribution in [3.05, 3.63) is 78.0 Å². The molecule has 3 rings (SSSR count). The lowest BCUT2D eigenvalue weighted by molar-refractivity contribution is 0.102. The minimum absolute atomic E-state index is 0.114. The van der Waals surface area contributed by atoms with Crippen LogP contribution in [0, 0.1) is 17.1 Å². The maximum Gasteiger partial charge on any atom is 0.275 e. The Morgan fingerprint density at radius 1 is 1.04 bits per heavy atom. The number of halogens is 1. The van der Waals surface area contributed by atoms with Crippen LogP contribution >= 0.6 is 0 Å². The first-order valence-corrected chi connectivity index (χ1v) is 7.31. The molecule has 0 spiro atoms. The fraction of sp³-hybridized carbons (Fsp3) is 0. The summed E-state index contributed by atoms with van der Waals surface area (Å²) in [6, 6.07) is 14.6. The molecule has 0 aliphatic carbocycles. The smallest absolute Gasteiger partial charge is 0.275 e. The van der Waals surface area contributed by atoms with Gasteiger partial charge in [-0.3, -0.25) is 4.79 Å². The van der Waals surface area contributed by atoms with E-state index in [-0.39, 0.29) is 11.4 Å². The van der Waals surface area contributed by atoms with Gasteiger partial charge in [-0.15, -0.1) is 0 Å². The van der Waals surface area contributed by atoms with Crippen molar-refractivity contribution in [1.29, 1.82) is 5.26 Å². The Balaban J connectivity index is 1.68. The van der Waals surface area contributed by atoms with Gasteiger partial charge in [-0.05, 0) is 36.4 Å². The molecule has 7 heteroatoms. The van der Waals surface area contributed by atoms with E-state index in [1.54, 1.807) is 42.5 Å². The van der Waals surface area contributed by atoms with Crippen LogP contribution in [0.2, 0.25) is 0 Å². The fourth-order valence-electron chi connectivity index (χ4n) is 2.03. The third-order valence-electron chi connectivity index (χ3n) is 3.29. The second kappa shape index (κ2) is 7.19. The number of anilines is 3. The molecule has 0 bridgehead atoms. The molecule has 122 valence electrons. The summed E-state index contributed by atoms with van der Waals surface area (Å²) in [6.45, 7) is 0. The lowest BCUT2D eigenvalue weighted by atomic mass is 10.2. The van der Waals surface area contributed by atoms with Crippen molar-refractivity contribution in [1.82, 2.24) is 9.97 Å². The predicted octanol–water partition coefficient (Wildman–Crippen LogP) is 3.48. The molecular formula is C18H12FN5O. The van der Waals surface area contributed by atoms with E-state index in [2.05, 4.69) is 20.6 Å². The molecule has 0 saturated carbocycles. The first-order valence-electron chi connectivity index (χ1n) is 7.31. The van der Waals surface area contributed by atoms with Crippen molar-refractivity contribution in [3.8, 4) is 6.07 Å². The molecule has 1 heterocycles. The molecule has 0 radical (unpaired) electrons. The zero-order valence-electron chi connectivity index (χ0n) is 12.9. The van der Waals surface area contributed by atoms with E-state index >= 15 is 0 Å². The molecule has 2 N–H and O–H groups in total. The molecule has 0 atom stereocenters. The van der Waals surface area contributed by atoms with Gasteiger partial charge in [-0.1, -0.05) is 12.1 Å². The van der Waals surface area contributed by atoms with Crippen LogP contribution in [-0.2, 0) is 0 Å². The number of nitriles is 1. The van der Waals surface area contributed by atoms with Gasteiger partial charge in [0.25, 0.3) is 5.91 Å². The van der Waals surface area contributed by atoms with Crippen LogP contribution < -0.4 is 10.6 Å². The molecule has 2 aromatic carbocycles. The molecule has 0 aliphatic heterocycles. The van der Waals surface area contributed by atoms with Crippen LogP contribution in [-0.4, -0.2) is 15.9 Å². The number of hydrogen-bond acceptors (Lipinski definition) is 5. The molecular weight excluding hydrogens is 321 g/mol. The Bertz CT molecular complexity index is 933. The van der Waals surface area contributed by atoms with E-state index in [1.165, 1.54) is 18.5 Å². The zero-order valence-corrected chi connectivity index (χ0v) is 12.9. The van der Waals surface area contributed by atoms with Crippen LogP contribution in [0.4, 0.5) is 21.6 Å². The van der Waals surface area contributed by atoms with E-state index in [0.717, 1.165) is 0 Å². The lowest BCUT2D eigenvalue weighted by Gasteiger charge is -2.07. The number of amides is 1. The number of nitrogens with one attached hydrogen (secondary N) is 2. The summed E-state index contributed by atoms with van der Waals surface area (Å²) < 4.78 is 13.6. The molecule has 3 aromatic rings. The first-order chi connectivity index (χ1) is 12.2. The first kappa shape index (κ1) is 16.1. The van der Waals surface area contributed by atoms with E-state index in [4.69, 9.17) is 5.26 Å². The van der Waals surface area contributed by atoms with Gasteiger partial charge in [0.2, 0.25) is 0 Å². The standard InChI is InChI=1S/C18H12FN5O/c19-14-3-1-2-4-15(14)24-17-11-21-16(10-22-17)18(25)23-13-7-5-12(9-20)6-8-13/h1-8,10-11H,(H,22,24)(H,23,25). The van der Waals surface area contributed by atoms with Crippen molar-refractivity contribution in [3.63, 3.8) is 0 Å². The van der Waals surface area contributed by atoms with E-state index in [0.29, 0.717) is 17.1 Å². The van der Waals surface area contributed by atoms with Gasteiger partial charge in [0.15, 0.2) is 0 Å². The number of hydrogen-bond donors (Lipinski definition) is 2. The van der Waals surface area contributed by atoms with E-state index in [9.17, 15) is 9.18 Å². The maximum atomic E-state index is 13.6. The number of aromatic nitrogens is 2. The molecule has 0 fully saturated rings. The van der Waals surface area contributed by atoms with Crippen molar-refractivity contribution >= 4 is 23.1 Å². The van der Waals surface area contributed by atoms with Gasteiger partial charge < -0.3 is 10.6 Å². The Labute approximate surface area is 143 Å². The number of carbonyl (C=O) groups is 1. The molecule has 6 nitrogen and oxygen atoms in total. The van der Waals surface area contributed by atoms with Gasteiger partial charge in [-0.25, -0.2) is 14.4 Å². The van der Waals surface area contributed by atoms with Crippen molar-refractivity contribution in [2.24, 2.45) is 0 Å². The highest BCUT2D eigenvalue weighted by molar-refractivity contribution is 6.02. The SMILES string of the molecule is N#Cc1ccc(NC(=O)c2cnc(Nc3ccccc3F)cn2)cc1. The molecule has 1 aromatic heterocycles. The summed E-state index contributed by atoms with van der Waals surface area (Å²) in [5.74, 6) is -0.526. The predicted molar refractivity (Wildman–Crippen MR) is 90.8 cm³/mol.